The zero-order chi connectivity index (χ0) is 15.0. The minimum Gasteiger partial charge on any atom is -0.310 e. The van der Waals surface area contributed by atoms with Crippen LogP contribution in [0.3, 0.4) is 0 Å². The molecule has 1 N–H and O–H groups in total. The second kappa shape index (κ2) is 5.48. The molecule has 1 aliphatic rings. The van der Waals surface area contributed by atoms with Crippen LogP contribution < -0.4 is 5.32 Å². The van der Waals surface area contributed by atoms with Crippen molar-refractivity contribution in [2.24, 2.45) is 0 Å². The molecule has 0 atom stereocenters. The molecule has 0 heterocycles. The third-order valence-electron chi connectivity index (χ3n) is 3.48. The van der Waals surface area contributed by atoms with Crippen LogP contribution in [0.1, 0.15) is 18.4 Å². The fourth-order valence-corrected chi connectivity index (χ4v) is 2.22. The molecule has 0 amide bonds. The smallest absolute Gasteiger partial charge is 0.136 e. The Morgan fingerprint density at radius 1 is 0.905 bits per heavy atom. The molecule has 0 bridgehead atoms. The van der Waals surface area contributed by atoms with Gasteiger partial charge in [0, 0.05) is 30.3 Å². The quantitative estimate of drug-likeness (QED) is 0.835. The lowest BCUT2D eigenvalue weighted by molar-refractivity contribution is 0.545. The van der Waals surface area contributed by atoms with Crippen LogP contribution in [0.4, 0.5) is 17.6 Å². The molecule has 110 valence electrons. The minimum absolute atomic E-state index is 0.194. The van der Waals surface area contributed by atoms with Crippen LogP contribution in [0.2, 0.25) is 0 Å². The molecule has 2 aromatic rings. The van der Waals surface area contributed by atoms with Crippen molar-refractivity contribution >= 4 is 0 Å². The van der Waals surface area contributed by atoms with E-state index in [-0.39, 0.29) is 5.56 Å². The topological polar surface area (TPSA) is 12.0 Å². The fraction of sp³-hybridized carbons (Fsp3) is 0.250. The van der Waals surface area contributed by atoms with Gasteiger partial charge in [-0.3, -0.25) is 0 Å². The first-order valence-corrected chi connectivity index (χ1v) is 6.71. The van der Waals surface area contributed by atoms with E-state index in [4.69, 9.17) is 0 Å². The molecule has 1 fully saturated rings. The first-order valence-electron chi connectivity index (χ1n) is 6.71. The zero-order valence-corrected chi connectivity index (χ0v) is 11.1. The summed E-state index contributed by atoms with van der Waals surface area (Å²) in [7, 11) is 0. The Balaban J connectivity index is 1.98. The summed E-state index contributed by atoms with van der Waals surface area (Å²) in [6.07, 6.45) is 2.21. The second-order valence-corrected chi connectivity index (χ2v) is 5.21. The van der Waals surface area contributed by atoms with Crippen LogP contribution in [0.25, 0.3) is 11.1 Å². The highest BCUT2D eigenvalue weighted by atomic mass is 19.1. The van der Waals surface area contributed by atoms with Gasteiger partial charge in [0.1, 0.15) is 23.3 Å². The molecule has 2 aromatic carbocycles. The van der Waals surface area contributed by atoms with Crippen molar-refractivity contribution in [3.8, 4) is 11.1 Å². The van der Waals surface area contributed by atoms with Gasteiger partial charge in [0.05, 0.1) is 5.56 Å². The van der Waals surface area contributed by atoms with Crippen molar-refractivity contribution in [3.05, 3.63) is 59.2 Å². The highest BCUT2D eigenvalue weighted by molar-refractivity contribution is 5.66. The van der Waals surface area contributed by atoms with Crippen molar-refractivity contribution in [2.75, 3.05) is 0 Å². The molecule has 1 aliphatic carbocycles. The lowest BCUT2D eigenvalue weighted by Gasteiger charge is -2.10. The normalized spacial score (nSPS) is 14.5. The van der Waals surface area contributed by atoms with Crippen molar-refractivity contribution in [1.29, 1.82) is 0 Å². The van der Waals surface area contributed by atoms with Gasteiger partial charge < -0.3 is 5.32 Å². The van der Waals surface area contributed by atoms with E-state index in [9.17, 15) is 17.6 Å². The van der Waals surface area contributed by atoms with E-state index < -0.39 is 28.8 Å². The van der Waals surface area contributed by atoms with E-state index in [0.29, 0.717) is 24.7 Å². The summed E-state index contributed by atoms with van der Waals surface area (Å²) in [5.41, 5.74) is -0.0105. The molecule has 0 radical (unpaired) electrons. The van der Waals surface area contributed by atoms with E-state index in [1.807, 2.05) is 0 Å². The number of nitrogens with one attached hydrogen (secondary N) is 1. The van der Waals surface area contributed by atoms with Gasteiger partial charge in [-0.15, -0.1) is 0 Å². The van der Waals surface area contributed by atoms with Crippen LogP contribution >= 0.6 is 0 Å². The maximum Gasteiger partial charge on any atom is 0.136 e. The summed E-state index contributed by atoms with van der Waals surface area (Å²) < 4.78 is 54.4. The van der Waals surface area contributed by atoms with Gasteiger partial charge in [0.25, 0.3) is 0 Å². The Labute approximate surface area is 119 Å². The highest BCUT2D eigenvalue weighted by Gasteiger charge is 2.21. The molecule has 0 aromatic heterocycles. The Morgan fingerprint density at radius 3 is 2.19 bits per heavy atom. The molecule has 1 nitrogen and oxygen atoms in total. The molecule has 5 heteroatoms. The zero-order valence-electron chi connectivity index (χ0n) is 11.1. The Morgan fingerprint density at radius 2 is 1.57 bits per heavy atom. The lowest BCUT2D eigenvalue weighted by atomic mass is 10.0. The first-order chi connectivity index (χ1) is 10.0. The Hall–Kier alpha value is -1.88. The summed E-state index contributed by atoms with van der Waals surface area (Å²) in [6, 6.07) is 5.69. The predicted octanol–water partition coefficient (Wildman–Crippen LogP) is 4.16. The van der Waals surface area contributed by atoms with Crippen molar-refractivity contribution < 1.29 is 17.6 Å². The molecule has 0 unspecified atom stereocenters. The summed E-state index contributed by atoms with van der Waals surface area (Å²) in [4.78, 5) is 0. The summed E-state index contributed by atoms with van der Waals surface area (Å²) >= 11 is 0. The number of hydrogen-bond acceptors (Lipinski definition) is 1. The van der Waals surface area contributed by atoms with Gasteiger partial charge >= 0.3 is 0 Å². The van der Waals surface area contributed by atoms with E-state index in [1.165, 1.54) is 12.1 Å². The summed E-state index contributed by atoms with van der Waals surface area (Å²) in [5, 5.41) is 3.24. The van der Waals surface area contributed by atoms with Crippen molar-refractivity contribution in [3.63, 3.8) is 0 Å². The fourth-order valence-electron chi connectivity index (χ4n) is 2.22. The van der Waals surface area contributed by atoms with Crippen LogP contribution in [-0.2, 0) is 6.54 Å². The van der Waals surface area contributed by atoms with Gasteiger partial charge in [-0.05, 0) is 30.5 Å². The average Bonchev–Trinajstić information content (AvgIpc) is 3.22. The van der Waals surface area contributed by atoms with Crippen LogP contribution in [-0.4, -0.2) is 6.04 Å². The van der Waals surface area contributed by atoms with Crippen molar-refractivity contribution in [2.45, 2.75) is 25.4 Å². The van der Waals surface area contributed by atoms with Gasteiger partial charge in [0.15, 0.2) is 0 Å². The van der Waals surface area contributed by atoms with Crippen molar-refractivity contribution in [1.82, 2.24) is 5.32 Å². The average molecular weight is 295 g/mol. The highest BCUT2D eigenvalue weighted by Crippen LogP contribution is 2.30. The van der Waals surface area contributed by atoms with Crippen LogP contribution in [0, 0.1) is 23.3 Å². The van der Waals surface area contributed by atoms with Gasteiger partial charge in [0.2, 0.25) is 0 Å². The molecule has 0 aliphatic heterocycles. The second-order valence-electron chi connectivity index (χ2n) is 5.21. The molecule has 21 heavy (non-hydrogen) atoms. The molecule has 3 rings (SSSR count). The largest absolute Gasteiger partial charge is 0.310 e. The predicted molar refractivity (Wildman–Crippen MR) is 71.6 cm³/mol. The lowest BCUT2D eigenvalue weighted by Crippen LogP contribution is -2.15. The van der Waals surface area contributed by atoms with E-state index in [1.54, 1.807) is 6.07 Å². The maximum absolute atomic E-state index is 13.9. The Bertz CT molecular complexity index is 657. The third kappa shape index (κ3) is 3.08. The molecule has 0 spiro atoms. The monoisotopic (exact) mass is 295 g/mol. The molecular weight excluding hydrogens is 282 g/mol. The standard InChI is InChI=1S/C16H13F4N/c17-10-6-14(19)16(15(20)7-10)12-5-9(1-4-13(12)18)8-21-11-2-3-11/h1,4-7,11,21H,2-3,8H2. The van der Waals surface area contributed by atoms with E-state index in [0.717, 1.165) is 18.4 Å². The maximum atomic E-state index is 13.9. The number of rotatable bonds is 4. The van der Waals surface area contributed by atoms with E-state index >= 15 is 0 Å². The molecule has 1 saturated carbocycles. The molecular formula is C16H13F4N. The molecule has 0 saturated heterocycles. The van der Waals surface area contributed by atoms with Gasteiger partial charge in [-0.2, -0.15) is 0 Å². The number of benzene rings is 2. The van der Waals surface area contributed by atoms with Crippen LogP contribution in [0.5, 0.6) is 0 Å². The van der Waals surface area contributed by atoms with E-state index in [2.05, 4.69) is 5.32 Å². The minimum atomic E-state index is -1.11. The Kier molecular flexibility index (Phi) is 3.68. The van der Waals surface area contributed by atoms with Gasteiger partial charge in [-0.25, -0.2) is 17.6 Å². The summed E-state index contributed by atoms with van der Waals surface area (Å²) in [5.74, 6) is -3.99. The SMILES string of the molecule is Fc1cc(F)c(-c2cc(CNC3CC3)ccc2F)c(F)c1. The van der Waals surface area contributed by atoms with Crippen LogP contribution in [0.15, 0.2) is 30.3 Å². The van der Waals surface area contributed by atoms with Gasteiger partial charge in [-0.1, -0.05) is 6.07 Å². The number of halogens is 4. The first kappa shape index (κ1) is 14.1. The third-order valence-corrected chi connectivity index (χ3v) is 3.48. The summed E-state index contributed by atoms with van der Waals surface area (Å²) in [6.45, 7) is 0.502. The number of hydrogen-bond donors (Lipinski definition) is 1.